The predicted molar refractivity (Wildman–Crippen MR) is 90.7 cm³/mol. The van der Waals surface area contributed by atoms with E-state index < -0.39 is 11.7 Å². The quantitative estimate of drug-likeness (QED) is 0.658. The van der Waals surface area contributed by atoms with Gasteiger partial charge in [0.05, 0.1) is 17.4 Å². The minimum atomic E-state index is -4.31. The molecule has 0 spiro atoms. The molecule has 2 aromatic heterocycles. The van der Waals surface area contributed by atoms with Crippen LogP contribution in [0.3, 0.4) is 0 Å². The number of alkyl halides is 3. The maximum absolute atomic E-state index is 12.8. The molecule has 0 radical (unpaired) electrons. The van der Waals surface area contributed by atoms with Crippen molar-refractivity contribution in [1.29, 1.82) is 0 Å². The van der Waals surface area contributed by atoms with Crippen molar-refractivity contribution >= 4 is 0 Å². The normalized spacial score (nSPS) is 16.7. The predicted octanol–water partition coefficient (Wildman–Crippen LogP) is 4.73. The molecule has 0 aliphatic carbocycles. The molecule has 0 N–H and O–H groups in total. The van der Waals surface area contributed by atoms with Gasteiger partial charge in [0.25, 0.3) is 5.89 Å². The third-order valence-corrected chi connectivity index (χ3v) is 4.81. The summed E-state index contributed by atoms with van der Waals surface area (Å²) in [6.45, 7) is 2.04. The Kier molecular flexibility index (Phi) is 4.73. The summed E-state index contributed by atoms with van der Waals surface area (Å²) >= 11 is 0. The lowest BCUT2D eigenvalue weighted by Crippen LogP contribution is -2.32. The number of hydrogen-bond acceptors (Lipinski definition) is 5. The van der Waals surface area contributed by atoms with E-state index >= 15 is 0 Å². The molecule has 1 aromatic carbocycles. The van der Waals surface area contributed by atoms with Crippen molar-refractivity contribution in [3.63, 3.8) is 0 Å². The highest BCUT2D eigenvalue weighted by atomic mass is 19.4. The van der Waals surface area contributed by atoms with Gasteiger partial charge < -0.3 is 8.83 Å². The van der Waals surface area contributed by atoms with Gasteiger partial charge in [0.15, 0.2) is 0 Å². The van der Waals surface area contributed by atoms with Crippen LogP contribution >= 0.6 is 0 Å². The van der Waals surface area contributed by atoms with Gasteiger partial charge in [-0.1, -0.05) is 18.2 Å². The van der Waals surface area contributed by atoms with Crippen LogP contribution in [0.1, 0.15) is 35.8 Å². The van der Waals surface area contributed by atoms with E-state index in [0.717, 1.165) is 37.6 Å². The Morgan fingerprint density at radius 3 is 2.63 bits per heavy atom. The zero-order chi connectivity index (χ0) is 18.9. The summed E-state index contributed by atoms with van der Waals surface area (Å²) in [5.41, 5.74) is 0.812. The Morgan fingerprint density at radius 1 is 1.11 bits per heavy atom. The number of nitrogens with zero attached hydrogens (tertiary/aromatic N) is 3. The summed E-state index contributed by atoms with van der Waals surface area (Å²) in [5.74, 6) is 1.20. The van der Waals surface area contributed by atoms with E-state index in [-0.39, 0.29) is 5.92 Å². The van der Waals surface area contributed by atoms with E-state index in [1.54, 1.807) is 24.7 Å². The maximum atomic E-state index is 12.8. The number of benzene rings is 1. The van der Waals surface area contributed by atoms with Crippen LogP contribution in [0.2, 0.25) is 0 Å². The van der Waals surface area contributed by atoms with Gasteiger partial charge in [0, 0.05) is 12.5 Å². The largest absolute Gasteiger partial charge is 0.472 e. The van der Waals surface area contributed by atoms with Gasteiger partial charge in [-0.3, -0.25) is 4.90 Å². The van der Waals surface area contributed by atoms with Gasteiger partial charge in [-0.2, -0.15) is 13.2 Å². The fourth-order valence-corrected chi connectivity index (χ4v) is 3.34. The van der Waals surface area contributed by atoms with Gasteiger partial charge >= 0.3 is 6.18 Å². The van der Waals surface area contributed by atoms with Crippen molar-refractivity contribution in [3.05, 3.63) is 59.9 Å². The van der Waals surface area contributed by atoms with E-state index in [9.17, 15) is 13.2 Å². The zero-order valence-corrected chi connectivity index (χ0v) is 14.4. The molecule has 1 fully saturated rings. The molecule has 4 rings (SSSR count). The Hall–Kier alpha value is -2.61. The highest BCUT2D eigenvalue weighted by Crippen LogP contribution is 2.32. The van der Waals surface area contributed by atoms with Crippen LogP contribution in [0.25, 0.3) is 11.5 Å². The lowest BCUT2D eigenvalue weighted by molar-refractivity contribution is -0.137. The topological polar surface area (TPSA) is 55.3 Å². The summed E-state index contributed by atoms with van der Waals surface area (Å²) in [5, 5.41) is 8.20. The van der Waals surface area contributed by atoms with Crippen molar-refractivity contribution in [1.82, 2.24) is 15.1 Å². The minimum absolute atomic E-state index is 0.163. The lowest BCUT2D eigenvalue weighted by Gasteiger charge is -2.30. The Bertz CT molecular complexity index is 882. The van der Waals surface area contributed by atoms with Gasteiger partial charge in [-0.15, -0.1) is 10.2 Å². The fourth-order valence-electron chi connectivity index (χ4n) is 3.34. The summed E-state index contributed by atoms with van der Waals surface area (Å²) < 4.78 is 49.3. The molecule has 0 atom stereocenters. The van der Waals surface area contributed by atoms with Gasteiger partial charge in [-0.05, 0) is 43.6 Å². The van der Waals surface area contributed by atoms with Crippen molar-refractivity contribution < 1.29 is 22.0 Å². The molecule has 3 heterocycles. The second-order valence-electron chi connectivity index (χ2n) is 6.71. The molecule has 1 aliphatic rings. The molecule has 0 saturated carbocycles. The van der Waals surface area contributed by atoms with Crippen LogP contribution in [0.4, 0.5) is 13.2 Å². The first-order chi connectivity index (χ1) is 13.0. The number of rotatable bonds is 4. The zero-order valence-electron chi connectivity index (χ0n) is 14.4. The average Bonchev–Trinajstić information content (AvgIpc) is 3.34. The number of hydrogen-bond donors (Lipinski definition) is 0. The monoisotopic (exact) mass is 377 g/mol. The van der Waals surface area contributed by atoms with Crippen molar-refractivity contribution in [3.8, 4) is 11.5 Å². The van der Waals surface area contributed by atoms with Crippen molar-refractivity contribution in [2.24, 2.45) is 0 Å². The fraction of sp³-hybridized carbons (Fsp3) is 0.368. The molecule has 27 heavy (non-hydrogen) atoms. The van der Waals surface area contributed by atoms with Gasteiger partial charge in [-0.25, -0.2) is 0 Å². The molecular formula is C19H18F3N3O2. The Labute approximate surface area is 153 Å². The smallest absolute Gasteiger partial charge is 0.416 e. The molecule has 1 saturated heterocycles. The summed E-state index contributed by atoms with van der Waals surface area (Å²) in [6.07, 6.45) is 0.437. The maximum Gasteiger partial charge on any atom is 0.416 e. The third kappa shape index (κ3) is 4.05. The summed E-state index contributed by atoms with van der Waals surface area (Å²) in [4.78, 5) is 2.15. The molecule has 5 nitrogen and oxygen atoms in total. The lowest BCUT2D eigenvalue weighted by atomic mass is 9.96. The number of aromatic nitrogens is 2. The van der Waals surface area contributed by atoms with Gasteiger partial charge in [0.1, 0.15) is 6.26 Å². The van der Waals surface area contributed by atoms with Crippen molar-refractivity contribution in [2.75, 3.05) is 13.1 Å². The van der Waals surface area contributed by atoms with Crippen LogP contribution in [0.5, 0.6) is 0 Å². The van der Waals surface area contributed by atoms with Crippen LogP contribution in [0.15, 0.2) is 51.7 Å². The Balaban J connectivity index is 1.36. The number of halogens is 3. The first-order valence-corrected chi connectivity index (χ1v) is 8.73. The molecule has 3 aromatic rings. The molecule has 0 unspecified atom stereocenters. The summed E-state index contributed by atoms with van der Waals surface area (Å²) in [6, 6.07) is 7.27. The van der Waals surface area contributed by atoms with Crippen LogP contribution in [0, 0.1) is 0 Å². The van der Waals surface area contributed by atoms with E-state index in [1.165, 1.54) is 12.1 Å². The number of furan rings is 1. The average molecular weight is 377 g/mol. The standard InChI is InChI=1S/C19H18F3N3O2/c20-19(21,22)16-3-1-2-13(10-16)11-25-7-4-14(5-8-25)17-23-24-18(27-17)15-6-9-26-12-15/h1-3,6,9-10,12,14H,4-5,7-8,11H2. The van der Waals surface area contributed by atoms with Crippen LogP contribution in [-0.4, -0.2) is 28.2 Å². The molecule has 0 bridgehead atoms. The highest BCUT2D eigenvalue weighted by molar-refractivity contribution is 5.49. The second-order valence-corrected chi connectivity index (χ2v) is 6.71. The number of likely N-dealkylation sites (tertiary alicyclic amines) is 1. The van der Waals surface area contributed by atoms with E-state index in [4.69, 9.17) is 8.83 Å². The van der Waals surface area contributed by atoms with E-state index in [0.29, 0.717) is 23.9 Å². The van der Waals surface area contributed by atoms with Crippen LogP contribution in [-0.2, 0) is 12.7 Å². The minimum Gasteiger partial charge on any atom is -0.472 e. The van der Waals surface area contributed by atoms with Gasteiger partial charge in [0.2, 0.25) is 5.89 Å². The third-order valence-electron chi connectivity index (χ3n) is 4.81. The number of piperidine rings is 1. The molecule has 142 valence electrons. The molecular weight excluding hydrogens is 359 g/mol. The Morgan fingerprint density at radius 2 is 1.93 bits per heavy atom. The van der Waals surface area contributed by atoms with E-state index in [1.807, 2.05) is 0 Å². The van der Waals surface area contributed by atoms with Crippen LogP contribution < -0.4 is 0 Å². The van der Waals surface area contributed by atoms with E-state index in [2.05, 4.69) is 15.1 Å². The first kappa shape index (κ1) is 17.8. The highest BCUT2D eigenvalue weighted by Gasteiger charge is 2.31. The molecule has 0 amide bonds. The SMILES string of the molecule is FC(F)(F)c1cccc(CN2CCC(c3nnc(-c4ccoc4)o3)CC2)c1. The first-order valence-electron chi connectivity index (χ1n) is 8.73. The molecule has 8 heteroatoms. The van der Waals surface area contributed by atoms with Crippen molar-refractivity contribution in [2.45, 2.75) is 31.5 Å². The molecule has 1 aliphatic heterocycles. The summed E-state index contributed by atoms with van der Waals surface area (Å²) in [7, 11) is 0. The second kappa shape index (κ2) is 7.19.